The molecule has 0 saturated heterocycles. The molecule has 4 nitrogen and oxygen atoms in total. The van der Waals surface area contributed by atoms with Gasteiger partial charge in [-0.2, -0.15) is 5.26 Å². The van der Waals surface area contributed by atoms with Gasteiger partial charge in [0.15, 0.2) is 0 Å². The second-order valence-electron chi connectivity index (χ2n) is 2.00. The van der Waals surface area contributed by atoms with Crippen molar-refractivity contribution in [2.45, 2.75) is 6.92 Å². The molecular weight excluding hydrogens is 156 g/mol. The Morgan fingerprint density at radius 2 is 2.58 bits per heavy atom. The van der Waals surface area contributed by atoms with E-state index in [0.29, 0.717) is 5.56 Å². The highest BCUT2D eigenvalue weighted by Crippen LogP contribution is 2.05. The molecule has 0 aliphatic rings. The third-order valence-electron chi connectivity index (χ3n) is 1.04. The number of pyridine rings is 1. The fraction of sp³-hybridized carbons (Fsp3) is 0.125. The van der Waals surface area contributed by atoms with Crippen LogP contribution in [0, 0.1) is 17.4 Å². The number of carbonyl (C=O) groups excluding carboxylic acids is 1. The predicted molar refractivity (Wildman–Crippen MR) is 39.1 cm³/mol. The van der Waals surface area contributed by atoms with Gasteiger partial charge in [0, 0.05) is 25.3 Å². The normalized spacial score (nSPS) is 8.67. The van der Waals surface area contributed by atoms with Gasteiger partial charge in [0.1, 0.15) is 6.07 Å². The molecule has 1 radical (unpaired) electrons. The van der Waals surface area contributed by atoms with E-state index in [1.165, 1.54) is 19.2 Å². The molecule has 1 rings (SSSR count). The molecule has 0 N–H and O–H groups in total. The minimum absolute atomic E-state index is 0.154. The smallest absolute Gasteiger partial charge is 0.309 e. The van der Waals surface area contributed by atoms with Crippen molar-refractivity contribution in [1.29, 1.82) is 5.26 Å². The monoisotopic (exact) mass is 161 g/mol. The number of nitrogens with zero attached hydrogens (tertiary/aromatic N) is 2. The van der Waals surface area contributed by atoms with E-state index in [0.717, 1.165) is 0 Å². The molecule has 1 aromatic rings. The number of esters is 1. The van der Waals surface area contributed by atoms with Gasteiger partial charge in [-0.15, -0.1) is 0 Å². The van der Waals surface area contributed by atoms with Gasteiger partial charge in [0.05, 0.1) is 5.56 Å². The van der Waals surface area contributed by atoms with Crippen LogP contribution in [0.1, 0.15) is 12.5 Å². The quantitative estimate of drug-likeness (QED) is 0.568. The minimum atomic E-state index is -0.444. The largest absolute Gasteiger partial charge is 0.408 e. The second kappa shape index (κ2) is 3.49. The number of hydrogen-bond acceptors (Lipinski definition) is 4. The van der Waals surface area contributed by atoms with E-state index in [9.17, 15) is 4.79 Å². The maximum atomic E-state index is 10.4. The van der Waals surface area contributed by atoms with Crippen LogP contribution in [0.2, 0.25) is 0 Å². The molecule has 0 unspecified atom stereocenters. The second-order valence-corrected chi connectivity index (χ2v) is 2.00. The Bertz CT molecular complexity index is 324. The Hall–Kier alpha value is -1.89. The van der Waals surface area contributed by atoms with E-state index in [1.807, 2.05) is 6.07 Å². The molecule has 12 heavy (non-hydrogen) atoms. The Kier molecular flexibility index (Phi) is 2.38. The molecule has 0 atom stereocenters. The van der Waals surface area contributed by atoms with Crippen molar-refractivity contribution in [2.75, 3.05) is 0 Å². The molecule has 0 bridgehead atoms. The number of ether oxygens (including phenoxy) is 1. The van der Waals surface area contributed by atoms with Crippen LogP contribution in [0.5, 0.6) is 5.88 Å². The Morgan fingerprint density at radius 1 is 1.83 bits per heavy atom. The summed E-state index contributed by atoms with van der Waals surface area (Å²) in [7, 11) is 0. The predicted octanol–water partition coefficient (Wildman–Crippen LogP) is 0.679. The molecule has 0 aliphatic heterocycles. The van der Waals surface area contributed by atoms with Gasteiger partial charge >= 0.3 is 5.97 Å². The summed E-state index contributed by atoms with van der Waals surface area (Å²) in [4.78, 5) is 14.1. The summed E-state index contributed by atoms with van der Waals surface area (Å²) in [5.41, 5.74) is 0.311. The minimum Gasteiger partial charge on any atom is -0.408 e. The zero-order chi connectivity index (χ0) is 8.97. The van der Waals surface area contributed by atoms with Gasteiger partial charge < -0.3 is 4.74 Å². The zero-order valence-electron chi connectivity index (χ0n) is 6.37. The maximum Gasteiger partial charge on any atom is 0.309 e. The highest BCUT2D eigenvalue weighted by molar-refractivity contribution is 5.68. The lowest BCUT2D eigenvalue weighted by Gasteiger charge is -1.97. The lowest BCUT2D eigenvalue weighted by atomic mass is 10.3. The van der Waals surface area contributed by atoms with E-state index in [-0.39, 0.29) is 5.88 Å². The van der Waals surface area contributed by atoms with E-state index in [4.69, 9.17) is 5.26 Å². The summed E-state index contributed by atoms with van der Waals surface area (Å²) in [6, 6.07) is 5.79. The van der Waals surface area contributed by atoms with E-state index < -0.39 is 5.97 Å². The SMILES string of the molecule is CC(=O)Oc1c[c]c(C#N)cn1. The van der Waals surface area contributed by atoms with Crippen LogP contribution in [0.25, 0.3) is 0 Å². The van der Waals surface area contributed by atoms with Crippen LogP contribution < -0.4 is 4.74 Å². The first-order valence-corrected chi connectivity index (χ1v) is 3.18. The fourth-order valence-corrected chi connectivity index (χ4v) is 0.606. The molecule has 0 spiro atoms. The number of hydrogen-bond donors (Lipinski definition) is 0. The third-order valence-corrected chi connectivity index (χ3v) is 1.04. The van der Waals surface area contributed by atoms with Crippen LogP contribution in [0.3, 0.4) is 0 Å². The van der Waals surface area contributed by atoms with Crippen molar-refractivity contribution in [3.05, 3.63) is 23.9 Å². The van der Waals surface area contributed by atoms with Crippen LogP contribution in [0.4, 0.5) is 0 Å². The maximum absolute atomic E-state index is 10.4. The average Bonchev–Trinajstić information content (AvgIpc) is 2.05. The average molecular weight is 161 g/mol. The third kappa shape index (κ3) is 2.06. The van der Waals surface area contributed by atoms with E-state index >= 15 is 0 Å². The number of nitriles is 1. The zero-order valence-corrected chi connectivity index (χ0v) is 6.37. The fourth-order valence-electron chi connectivity index (χ4n) is 0.606. The molecule has 59 valence electrons. The van der Waals surface area contributed by atoms with Gasteiger partial charge in [-0.1, -0.05) is 0 Å². The molecule has 0 aliphatic carbocycles. The Labute approximate surface area is 69.4 Å². The first kappa shape index (κ1) is 8.21. The van der Waals surface area contributed by atoms with Gasteiger partial charge in [-0.25, -0.2) is 4.98 Å². The first-order chi connectivity index (χ1) is 5.72. The van der Waals surface area contributed by atoms with Crippen molar-refractivity contribution in [3.63, 3.8) is 0 Å². The molecular formula is C8H5N2O2. The first-order valence-electron chi connectivity index (χ1n) is 3.18. The standard InChI is InChI=1S/C8H5N2O2/c1-6(11)12-8-3-2-7(4-9)5-10-8/h3,5H,1H3. The van der Waals surface area contributed by atoms with Crippen molar-refractivity contribution in [1.82, 2.24) is 4.98 Å². The number of rotatable bonds is 1. The van der Waals surface area contributed by atoms with Crippen molar-refractivity contribution < 1.29 is 9.53 Å². The summed E-state index contributed by atoms with van der Waals surface area (Å²) in [6.07, 6.45) is 1.29. The summed E-state index contributed by atoms with van der Waals surface area (Å²) in [6.45, 7) is 1.28. The van der Waals surface area contributed by atoms with Crippen LogP contribution >= 0.6 is 0 Å². The Balaban J connectivity index is 2.80. The topological polar surface area (TPSA) is 63.0 Å². The van der Waals surface area contributed by atoms with E-state index in [2.05, 4.69) is 15.8 Å². The van der Waals surface area contributed by atoms with E-state index in [1.54, 1.807) is 0 Å². The molecule has 0 amide bonds. The van der Waals surface area contributed by atoms with Crippen LogP contribution in [0.15, 0.2) is 12.3 Å². The van der Waals surface area contributed by atoms with Crippen molar-refractivity contribution in [3.8, 4) is 11.9 Å². The summed E-state index contributed by atoms with van der Waals surface area (Å²) in [5.74, 6) is -0.290. The van der Waals surface area contributed by atoms with Crippen molar-refractivity contribution in [2.24, 2.45) is 0 Å². The highest BCUT2D eigenvalue weighted by Gasteiger charge is 1.98. The number of carbonyl (C=O) groups is 1. The molecule has 1 aromatic heterocycles. The van der Waals surface area contributed by atoms with Crippen LogP contribution in [-0.4, -0.2) is 11.0 Å². The Morgan fingerprint density at radius 3 is 3.00 bits per heavy atom. The molecule has 0 saturated carbocycles. The lowest BCUT2D eigenvalue weighted by molar-refractivity contribution is -0.132. The molecule has 0 aromatic carbocycles. The van der Waals surface area contributed by atoms with Crippen LogP contribution in [-0.2, 0) is 4.79 Å². The van der Waals surface area contributed by atoms with Gasteiger partial charge in [-0.3, -0.25) is 4.79 Å². The summed E-state index contributed by atoms with van der Waals surface area (Å²) in [5, 5.41) is 8.38. The van der Waals surface area contributed by atoms with Gasteiger partial charge in [0.2, 0.25) is 5.88 Å². The summed E-state index contributed by atoms with van der Waals surface area (Å²) >= 11 is 0. The molecule has 4 heteroatoms. The lowest BCUT2D eigenvalue weighted by Crippen LogP contribution is -2.02. The molecule has 0 fully saturated rings. The number of aromatic nitrogens is 1. The van der Waals surface area contributed by atoms with Gasteiger partial charge in [-0.05, 0) is 0 Å². The summed E-state index contributed by atoms with van der Waals surface area (Å²) < 4.78 is 4.62. The van der Waals surface area contributed by atoms with Crippen molar-refractivity contribution >= 4 is 5.97 Å². The molecule has 1 heterocycles. The highest BCUT2D eigenvalue weighted by atomic mass is 16.5. The van der Waals surface area contributed by atoms with Gasteiger partial charge in [0.25, 0.3) is 0 Å².